The minimum atomic E-state index is -0.0104. The Labute approximate surface area is 136 Å². The van der Waals surface area contributed by atoms with Gasteiger partial charge >= 0.3 is 0 Å². The molecule has 1 aliphatic rings. The summed E-state index contributed by atoms with van der Waals surface area (Å²) in [6, 6.07) is 5.78. The fourth-order valence-corrected chi connectivity index (χ4v) is 4.54. The van der Waals surface area contributed by atoms with E-state index in [-0.39, 0.29) is 5.41 Å². The van der Waals surface area contributed by atoms with Gasteiger partial charge in [0.1, 0.15) is 12.7 Å². The van der Waals surface area contributed by atoms with E-state index in [4.69, 9.17) is 23.2 Å². The number of aromatic nitrogens is 3. The predicted molar refractivity (Wildman–Crippen MR) is 84.7 cm³/mol. The van der Waals surface area contributed by atoms with Gasteiger partial charge in [0.15, 0.2) is 0 Å². The summed E-state index contributed by atoms with van der Waals surface area (Å²) in [5, 5.41) is 5.65. The summed E-state index contributed by atoms with van der Waals surface area (Å²) in [4.78, 5) is 4.54. The average molecular weight is 375 g/mol. The zero-order chi connectivity index (χ0) is 14.2. The van der Waals surface area contributed by atoms with Gasteiger partial charge in [-0.2, -0.15) is 5.10 Å². The summed E-state index contributed by atoms with van der Waals surface area (Å²) in [5.41, 5.74) is 1.14. The van der Waals surface area contributed by atoms with Gasteiger partial charge in [0.05, 0.1) is 6.54 Å². The molecule has 0 radical (unpaired) electrons. The molecular formula is C14H14BrCl2N3. The molecule has 1 aliphatic carbocycles. The fourth-order valence-electron chi connectivity index (χ4n) is 3.08. The van der Waals surface area contributed by atoms with Gasteiger partial charge < -0.3 is 0 Å². The Balaban J connectivity index is 2.01. The zero-order valence-electron chi connectivity index (χ0n) is 10.8. The third kappa shape index (κ3) is 2.74. The van der Waals surface area contributed by atoms with E-state index in [0.29, 0.717) is 9.85 Å². The Bertz CT molecular complexity index is 602. The Morgan fingerprint density at radius 2 is 2.25 bits per heavy atom. The summed E-state index contributed by atoms with van der Waals surface area (Å²) in [5.74, 6) is 0. The molecule has 1 heterocycles. The maximum atomic E-state index is 6.44. The van der Waals surface area contributed by atoms with Crippen LogP contribution in [0.25, 0.3) is 0 Å². The Kier molecular flexibility index (Phi) is 4.07. The van der Waals surface area contributed by atoms with Crippen molar-refractivity contribution in [2.24, 2.45) is 0 Å². The lowest BCUT2D eigenvalue weighted by atomic mass is 9.79. The fraction of sp³-hybridized carbons (Fsp3) is 0.429. The number of hydrogen-bond acceptors (Lipinski definition) is 2. The molecule has 2 unspecified atom stereocenters. The summed E-state index contributed by atoms with van der Waals surface area (Å²) in [7, 11) is 0. The molecule has 1 fully saturated rings. The topological polar surface area (TPSA) is 30.7 Å². The first-order chi connectivity index (χ1) is 9.59. The van der Waals surface area contributed by atoms with E-state index in [1.54, 1.807) is 12.7 Å². The third-order valence-electron chi connectivity index (χ3n) is 3.98. The van der Waals surface area contributed by atoms with Crippen LogP contribution in [0.1, 0.15) is 24.8 Å². The second-order valence-corrected chi connectivity index (χ2v) is 7.48. The van der Waals surface area contributed by atoms with Crippen LogP contribution in [0.2, 0.25) is 10.0 Å². The van der Waals surface area contributed by atoms with Crippen LogP contribution in [0.4, 0.5) is 0 Å². The van der Waals surface area contributed by atoms with Gasteiger partial charge in [0.2, 0.25) is 0 Å². The van der Waals surface area contributed by atoms with Crippen molar-refractivity contribution in [3.63, 3.8) is 0 Å². The minimum Gasteiger partial charge on any atom is -0.252 e. The van der Waals surface area contributed by atoms with Crippen LogP contribution < -0.4 is 0 Å². The predicted octanol–water partition coefficient (Wildman–Crippen LogP) is 4.47. The summed E-state index contributed by atoms with van der Waals surface area (Å²) in [6.45, 7) is 0.788. The van der Waals surface area contributed by atoms with Gasteiger partial charge in [0.25, 0.3) is 0 Å². The van der Waals surface area contributed by atoms with Gasteiger partial charge in [-0.3, -0.25) is 4.68 Å². The number of halogens is 3. The molecule has 0 spiro atoms. The van der Waals surface area contributed by atoms with E-state index < -0.39 is 0 Å². The highest BCUT2D eigenvalue weighted by Crippen LogP contribution is 2.47. The first-order valence-electron chi connectivity index (χ1n) is 6.51. The van der Waals surface area contributed by atoms with Crippen LogP contribution in [0.3, 0.4) is 0 Å². The van der Waals surface area contributed by atoms with Gasteiger partial charge in [-0.1, -0.05) is 45.2 Å². The maximum absolute atomic E-state index is 6.44. The van der Waals surface area contributed by atoms with E-state index in [0.717, 1.165) is 36.4 Å². The highest BCUT2D eigenvalue weighted by Gasteiger charge is 2.41. The van der Waals surface area contributed by atoms with Gasteiger partial charge in [0, 0.05) is 20.3 Å². The highest BCUT2D eigenvalue weighted by atomic mass is 79.9. The van der Waals surface area contributed by atoms with Crippen molar-refractivity contribution in [2.45, 2.75) is 36.0 Å². The largest absolute Gasteiger partial charge is 0.252 e. The molecule has 1 aromatic carbocycles. The first kappa shape index (κ1) is 14.4. The normalized spacial score (nSPS) is 26.1. The number of alkyl halides is 1. The van der Waals surface area contributed by atoms with Crippen LogP contribution in [-0.2, 0) is 12.0 Å². The molecule has 0 bridgehead atoms. The quantitative estimate of drug-likeness (QED) is 0.742. The molecule has 3 nitrogen and oxygen atoms in total. The molecule has 0 aliphatic heterocycles. The number of rotatable bonds is 3. The second kappa shape index (κ2) is 5.66. The smallest absolute Gasteiger partial charge is 0.137 e. The second-order valence-electron chi connectivity index (χ2n) is 5.34. The van der Waals surface area contributed by atoms with Crippen molar-refractivity contribution in [3.8, 4) is 0 Å². The van der Waals surface area contributed by atoms with Gasteiger partial charge in [-0.15, -0.1) is 0 Å². The van der Waals surface area contributed by atoms with Crippen molar-refractivity contribution >= 4 is 39.1 Å². The van der Waals surface area contributed by atoms with Gasteiger partial charge in [-0.05, 0) is 37.0 Å². The van der Waals surface area contributed by atoms with Crippen molar-refractivity contribution in [1.82, 2.24) is 14.8 Å². The molecule has 1 saturated carbocycles. The highest BCUT2D eigenvalue weighted by molar-refractivity contribution is 9.09. The molecule has 2 atom stereocenters. The molecule has 20 heavy (non-hydrogen) atoms. The molecule has 106 valence electrons. The van der Waals surface area contributed by atoms with Crippen LogP contribution in [0.15, 0.2) is 30.9 Å². The molecule has 6 heteroatoms. The first-order valence-corrected chi connectivity index (χ1v) is 8.18. The Hall–Kier alpha value is -0.580. The molecule has 0 N–H and O–H groups in total. The maximum Gasteiger partial charge on any atom is 0.137 e. The summed E-state index contributed by atoms with van der Waals surface area (Å²) in [6.07, 6.45) is 6.57. The van der Waals surface area contributed by atoms with E-state index in [1.165, 1.54) is 0 Å². The van der Waals surface area contributed by atoms with Crippen LogP contribution >= 0.6 is 39.1 Å². The zero-order valence-corrected chi connectivity index (χ0v) is 13.9. The average Bonchev–Trinajstić information content (AvgIpc) is 3.00. The molecule has 0 saturated heterocycles. The van der Waals surface area contributed by atoms with E-state index in [1.807, 2.05) is 22.9 Å². The third-order valence-corrected chi connectivity index (χ3v) is 5.31. The lowest BCUT2D eigenvalue weighted by Gasteiger charge is -2.30. The van der Waals surface area contributed by atoms with Crippen LogP contribution in [-0.4, -0.2) is 19.6 Å². The Morgan fingerprint density at radius 3 is 2.85 bits per heavy atom. The molecule has 2 aromatic rings. The molecule has 1 aromatic heterocycles. The van der Waals surface area contributed by atoms with Crippen LogP contribution in [0, 0.1) is 0 Å². The van der Waals surface area contributed by atoms with E-state index in [2.05, 4.69) is 26.0 Å². The van der Waals surface area contributed by atoms with Crippen molar-refractivity contribution in [3.05, 3.63) is 46.5 Å². The van der Waals surface area contributed by atoms with Crippen molar-refractivity contribution in [1.29, 1.82) is 0 Å². The van der Waals surface area contributed by atoms with E-state index >= 15 is 0 Å². The molecular weight excluding hydrogens is 361 g/mol. The summed E-state index contributed by atoms with van der Waals surface area (Å²) >= 11 is 16.2. The van der Waals surface area contributed by atoms with Gasteiger partial charge in [-0.25, -0.2) is 4.98 Å². The number of hydrogen-bond donors (Lipinski definition) is 0. The van der Waals surface area contributed by atoms with Crippen molar-refractivity contribution < 1.29 is 0 Å². The SMILES string of the molecule is Clc1ccc(C2(Cn3cncn3)CCC(Br)C2)c(Cl)c1. The number of benzene rings is 1. The number of nitrogens with zero attached hydrogens (tertiary/aromatic N) is 3. The molecule has 3 rings (SSSR count). The summed E-state index contributed by atoms with van der Waals surface area (Å²) < 4.78 is 1.88. The van der Waals surface area contributed by atoms with Crippen LogP contribution in [0.5, 0.6) is 0 Å². The lowest BCUT2D eigenvalue weighted by molar-refractivity contribution is 0.353. The van der Waals surface area contributed by atoms with E-state index in [9.17, 15) is 0 Å². The molecule has 0 amide bonds. The Morgan fingerprint density at radius 1 is 1.40 bits per heavy atom. The van der Waals surface area contributed by atoms with Crippen molar-refractivity contribution in [2.75, 3.05) is 0 Å². The minimum absolute atomic E-state index is 0.0104. The standard InChI is InChI=1S/C14H14BrCl2N3/c15-10-3-4-14(6-10,7-20-9-18-8-19-20)12-2-1-11(16)5-13(12)17/h1-2,5,8-10H,3-4,6-7H2. The lowest BCUT2D eigenvalue weighted by Crippen LogP contribution is -2.30. The monoisotopic (exact) mass is 373 g/mol.